The first-order valence-electron chi connectivity index (χ1n) is 7.44. The second-order valence-corrected chi connectivity index (χ2v) is 8.02. The van der Waals surface area contributed by atoms with Crippen LogP contribution in [0.25, 0.3) is 15.9 Å². The summed E-state index contributed by atoms with van der Waals surface area (Å²) in [4.78, 5) is 19.9. The van der Waals surface area contributed by atoms with E-state index in [9.17, 15) is 4.79 Å². The molecule has 2 aromatic heterocycles. The van der Waals surface area contributed by atoms with Crippen molar-refractivity contribution in [3.05, 3.63) is 50.1 Å². The van der Waals surface area contributed by atoms with Crippen LogP contribution < -0.4 is 5.56 Å². The normalized spacial score (nSPS) is 11.3. The number of hydrogen-bond donors (Lipinski definition) is 0. The minimum atomic E-state index is -0.00206. The maximum atomic E-state index is 13.1. The molecule has 3 nitrogen and oxygen atoms in total. The first-order chi connectivity index (χ1) is 11.0. The smallest absolute Gasteiger partial charge is 0.267 e. The number of benzene rings is 1. The molecule has 0 saturated carbocycles. The maximum absolute atomic E-state index is 13.1. The third kappa shape index (κ3) is 3.05. The van der Waals surface area contributed by atoms with E-state index in [1.54, 1.807) is 39.8 Å². The number of aromatic nitrogens is 2. The molecular formula is C17H17ClN2OS2. The van der Waals surface area contributed by atoms with E-state index in [2.05, 4.69) is 6.92 Å². The van der Waals surface area contributed by atoms with E-state index in [0.717, 1.165) is 43.7 Å². The molecule has 0 bridgehead atoms. The molecule has 0 aliphatic carbocycles. The zero-order chi connectivity index (χ0) is 16.6. The molecule has 2 heterocycles. The molecule has 0 saturated heterocycles. The molecule has 0 N–H and O–H groups in total. The van der Waals surface area contributed by atoms with Gasteiger partial charge < -0.3 is 0 Å². The Balaban J connectivity index is 2.31. The van der Waals surface area contributed by atoms with Crippen molar-refractivity contribution in [1.82, 2.24) is 9.55 Å². The predicted molar refractivity (Wildman–Crippen MR) is 101 cm³/mol. The van der Waals surface area contributed by atoms with E-state index < -0.39 is 0 Å². The van der Waals surface area contributed by atoms with Gasteiger partial charge in [0, 0.05) is 15.7 Å². The van der Waals surface area contributed by atoms with Crippen LogP contribution in [0.2, 0.25) is 5.02 Å². The highest BCUT2D eigenvalue weighted by molar-refractivity contribution is 7.99. The summed E-state index contributed by atoms with van der Waals surface area (Å²) in [6.45, 7) is 6.14. The topological polar surface area (TPSA) is 34.9 Å². The molecule has 0 spiro atoms. The zero-order valence-corrected chi connectivity index (χ0v) is 15.6. The number of hydrogen-bond acceptors (Lipinski definition) is 4. The van der Waals surface area contributed by atoms with Crippen LogP contribution in [0, 0.1) is 13.8 Å². The van der Waals surface area contributed by atoms with E-state index in [-0.39, 0.29) is 5.56 Å². The molecule has 0 amide bonds. The molecule has 23 heavy (non-hydrogen) atoms. The molecule has 0 unspecified atom stereocenters. The lowest BCUT2D eigenvalue weighted by Crippen LogP contribution is -2.21. The molecule has 3 rings (SSSR count). The molecule has 0 aliphatic heterocycles. The lowest BCUT2D eigenvalue weighted by atomic mass is 10.2. The number of fused-ring (bicyclic) bond motifs is 1. The van der Waals surface area contributed by atoms with Crippen molar-refractivity contribution < 1.29 is 0 Å². The number of aryl methyl sites for hydroxylation is 2. The molecule has 0 radical (unpaired) electrons. The van der Waals surface area contributed by atoms with Crippen LogP contribution in [0.5, 0.6) is 0 Å². The van der Waals surface area contributed by atoms with Gasteiger partial charge in [-0.1, -0.05) is 30.3 Å². The third-order valence-electron chi connectivity index (χ3n) is 3.69. The van der Waals surface area contributed by atoms with Gasteiger partial charge in [0.05, 0.1) is 11.1 Å². The number of thiophene rings is 1. The second-order valence-electron chi connectivity index (χ2n) is 5.32. The van der Waals surface area contributed by atoms with E-state index in [0.29, 0.717) is 5.02 Å². The van der Waals surface area contributed by atoms with Crippen molar-refractivity contribution in [3.63, 3.8) is 0 Å². The highest BCUT2D eigenvalue weighted by Gasteiger charge is 2.17. The van der Waals surface area contributed by atoms with Crippen LogP contribution in [-0.4, -0.2) is 15.3 Å². The van der Waals surface area contributed by atoms with Crippen molar-refractivity contribution in [1.29, 1.82) is 0 Å². The third-order valence-corrected chi connectivity index (χ3v) is 6.19. The molecule has 0 atom stereocenters. The van der Waals surface area contributed by atoms with Gasteiger partial charge in [-0.05, 0) is 50.1 Å². The Hall–Kier alpha value is -1.30. The van der Waals surface area contributed by atoms with E-state index in [1.165, 1.54) is 0 Å². The fourth-order valence-electron chi connectivity index (χ4n) is 2.38. The fraction of sp³-hybridized carbons (Fsp3) is 0.294. The Labute approximate surface area is 148 Å². The fourth-order valence-corrected chi connectivity index (χ4v) is 4.45. The molecule has 6 heteroatoms. The number of rotatable bonds is 4. The molecule has 0 aliphatic rings. The zero-order valence-electron chi connectivity index (χ0n) is 13.2. The van der Waals surface area contributed by atoms with Crippen molar-refractivity contribution >= 4 is 44.9 Å². The van der Waals surface area contributed by atoms with Crippen LogP contribution in [0.1, 0.15) is 23.8 Å². The summed E-state index contributed by atoms with van der Waals surface area (Å²) in [5.74, 6) is 0.925. The van der Waals surface area contributed by atoms with Gasteiger partial charge in [-0.25, -0.2) is 4.98 Å². The Kier molecular flexibility index (Phi) is 4.80. The average Bonchev–Trinajstić information content (AvgIpc) is 2.81. The standard InChI is InChI=1S/C17H17ClN2OS2/c1-4-9-22-17-19-15-14(10(2)11(3)23-15)16(21)20(17)13-7-5-12(18)6-8-13/h5-8H,4,9H2,1-3H3. The number of thioether (sulfide) groups is 1. The van der Waals surface area contributed by atoms with Gasteiger partial charge in [-0.2, -0.15) is 0 Å². The minimum absolute atomic E-state index is 0.00206. The maximum Gasteiger partial charge on any atom is 0.267 e. The van der Waals surface area contributed by atoms with Crippen LogP contribution >= 0.6 is 34.7 Å². The summed E-state index contributed by atoms with van der Waals surface area (Å²) in [6, 6.07) is 7.32. The molecule has 0 fully saturated rings. The largest absolute Gasteiger partial charge is 0.268 e. The SMILES string of the molecule is CCCSc1nc2sc(C)c(C)c2c(=O)n1-c1ccc(Cl)cc1. The Morgan fingerprint density at radius 1 is 1.26 bits per heavy atom. The summed E-state index contributed by atoms with van der Waals surface area (Å²) < 4.78 is 1.71. The summed E-state index contributed by atoms with van der Waals surface area (Å²) in [7, 11) is 0. The van der Waals surface area contributed by atoms with Gasteiger partial charge in [0.2, 0.25) is 0 Å². The quantitative estimate of drug-likeness (QED) is 0.470. The van der Waals surface area contributed by atoms with Crippen LogP contribution in [-0.2, 0) is 0 Å². The van der Waals surface area contributed by atoms with Crippen molar-refractivity contribution in [2.45, 2.75) is 32.3 Å². The Morgan fingerprint density at radius 3 is 2.61 bits per heavy atom. The predicted octanol–water partition coefficient (Wildman–Crippen LogP) is 5.22. The minimum Gasteiger partial charge on any atom is -0.268 e. The summed E-state index contributed by atoms with van der Waals surface area (Å²) >= 11 is 9.18. The molecular weight excluding hydrogens is 348 g/mol. The van der Waals surface area contributed by atoms with Crippen molar-refractivity contribution in [2.75, 3.05) is 5.75 Å². The van der Waals surface area contributed by atoms with Gasteiger partial charge in [0.1, 0.15) is 4.83 Å². The van der Waals surface area contributed by atoms with Gasteiger partial charge in [0.15, 0.2) is 5.16 Å². The van der Waals surface area contributed by atoms with Crippen LogP contribution in [0.4, 0.5) is 0 Å². The molecule has 3 aromatic rings. The van der Waals surface area contributed by atoms with Gasteiger partial charge in [-0.15, -0.1) is 11.3 Å². The van der Waals surface area contributed by atoms with Gasteiger partial charge >= 0.3 is 0 Å². The number of nitrogens with zero attached hydrogens (tertiary/aromatic N) is 2. The summed E-state index contributed by atoms with van der Waals surface area (Å²) in [5, 5.41) is 2.12. The van der Waals surface area contributed by atoms with Crippen molar-refractivity contribution in [2.24, 2.45) is 0 Å². The summed E-state index contributed by atoms with van der Waals surface area (Å²) in [5.41, 5.74) is 1.82. The van der Waals surface area contributed by atoms with E-state index in [1.807, 2.05) is 26.0 Å². The second kappa shape index (κ2) is 6.67. The van der Waals surface area contributed by atoms with Crippen LogP contribution in [0.3, 0.4) is 0 Å². The highest BCUT2D eigenvalue weighted by atomic mass is 35.5. The van der Waals surface area contributed by atoms with E-state index in [4.69, 9.17) is 16.6 Å². The monoisotopic (exact) mass is 364 g/mol. The number of halogens is 1. The van der Waals surface area contributed by atoms with Gasteiger partial charge in [-0.3, -0.25) is 9.36 Å². The van der Waals surface area contributed by atoms with Crippen molar-refractivity contribution in [3.8, 4) is 5.69 Å². The first kappa shape index (κ1) is 16.6. The molecule has 1 aromatic carbocycles. The Bertz CT molecular complexity index is 913. The highest BCUT2D eigenvalue weighted by Crippen LogP contribution is 2.29. The molecule has 120 valence electrons. The van der Waals surface area contributed by atoms with Crippen LogP contribution in [0.15, 0.2) is 34.2 Å². The van der Waals surface area contributed by atoms with E-state index >= 15 is 0 Å². The average molecular weight is 365 g/mol. The summed E-state index contributed by atoms with van der Waals surface area (Å²) in [6.07, 6.45) is 1.03. The lowest BCUT2D eigenvalue weighted by molar-refractivity contribution is 0.821. The lowest BCUT2D eigenvalue weighted by Gasteiger charge is -2.12. The first-order valence-corrected chi connectivity index (χ1v) is 9.62. The van der Waals surface area contributed by atoms with Gasteiger partial charge in [0.25, 0.3) is 5.56 Å². The Morgan fingerprint density at radius 2 is 1.96 bits per heavy atom.